The highest BCUT2D eigenvalue weighted by Crippen LogP contribution is 2.25. The average Bonchev–Trinajstić information content (AvgIpc) is 2.64. The molecule has 2 aromatic rings. The highest BCUT2D eigenvalue weighted by Gasteiger charge is 2.13. The second-order valence-corrected chi connectivity index (χ2v) is 5.24. The first-order valence-corrected chi connectivity index (χ1v) is 7.05. The molecule has 0 atom stereocenters. The molecule has 3 nitrogen and oxygen atoms in total. The Labute approximate surface area is 121 Å². The van der Waals surface area contributed by atoms with Gasteiger partial charge < -0.3 is 5.32 Å². The molecule has 102 valence electrons. The van der Waals surface area contributed by atoms with Crippen molar-refractivity contribution >= 4 is 15.9 Å². The molecule has 0 aliphatic carbocycles. The molecule has 5 heteroatoms. The molecule has 0 saturated carbocycles. The highest BCUT2D eigenvalue weighted by molar-refractivity contribution is 9.10. The van der Waals surface area contributed by atoms with Crippen LogP contribution in [-0.2, 0) is 6.54 Å². The summed E-state index contributed by atoms with van der Waals surface area (Å²) < 4.78 is 16.3. The van der Waals surface area contributed by atoms with Crippen molar-refractivity contribution in [2.75, 3.05) is 6.54 Å². The van der Waals surface area contributed by atoms with Gasteiger partial charge in [0.2, 0.25) is 0 Å². The summed E-state index contributed by atoms with van der Waals surface area (Å²) in [4.78, 5) is 0. The fraction of sp³-hybridized carbons (Fsp3) is 0.357. The maximum atomic E-state index is 13.4. The molecular weight excluding hydrogens is 309 g/mol. The number of halogens is 2. The van der Waals surface area contributed by atoms with Crippen LogP contribution in [0.25, 0.3) is 5.69 Å². The quantitative estimate of drug-likeness (QED) is 0.932. The Morgan fingerprint density at radius 3 is 2.68 bits per heavy atom. The third-order valence-corrected chi connectivity index (χ3v) is 4.19. The van der Waals surface area contributed by atoms with Crippen LogP contribution >= 0.6 is 15.9 Å². The number of rotatable bonds is 4. The van der Waals surface area contributed by atoms with Crippen LogP contribution in [0.1, 0.15) is 23.9 Å². The van der Waals surface area contributed by atoms with E-state index in [9.17, 15) is 4.39 Å². The zero-order valence-corrected chi connectivity index (χ0v) is 12.9. The van der Waals surface area contributed by atoms with Crippen molar-refractivity contribution in [2.24, 2.45) is 0 Å². The fourth-order valence-corrected chi connectivity index (χ4v) is 2.27. The molecule has 0 bridgehead atoms. The first-order chi connectivity index (χ1) is 9.04. The number of nitrogens with one attached hydrogen (secondary N) is 1. The third-order valence-electron chi connectivity index (χ3n) is 3.04. The Morgan fingerprint density at radius 1 is 1.37 bits per heavy atom. The van der Waals surface area contributed by atoms with Crippen molar-refractivity contribution in [3.05, 3.63) is 45.4 Å². The zero-order valence-electron chi connectivity index (χ0n) is 11.3. The number of hydrogen-bond donors (Lipinski definition) is 1. The summed E-state index contributed by atoms with van der Waals surface area (Å²) >= 11 is 3.52. The second kappa shape index (κ2) is 5.84. The minimum Gasteiger partial charge on any atom is -0.313 e. The van der Waals surface area contributed by atoms with Crippen LogP contribution in [0, 0.1) is 19.7 Å². The monoisotopic (exact) mass is 325 g/mol. The van der Waals surface area contributed by atoms with Crippen molar-refractivity contribution in [2.45, 2.75) is 27.3 Å². The van der Waals surface area contributed by atoms with Crippen molar-refractivity contribution < 1.29 is 4.39 Å². The van der Waals surface area contributed by atoms with Gasteiger partial charge in [0.05, 0.1) is 21.5 Å². The summed E-state index contributed by atoms with van der Waals surface area (Å²) in [7, 11) is 0. The summed E-state index contributed by atoms with van der Waals surface area (Å²) in [6.45, 7) is 7.43. The molecular formula is C14H17BrFN3. The van der Waals surface area contributed by atoms with Gasteiger partial charge in [0.1, 0.15) is 5.82 Å². The summed E-state index contributed by atoms with van der Waals surface area (Å²) in [6.07, 6.45) is 0. The first-order valence-electron chi connectivity index (χ1n) is 6.25. The van der Waals surface area contributed by atoms with E-state index >= 15 is 0 Å². The Kier molecular flexibility index (Phi) is 4.37. The van der Waals surface area contributed by atoms with Crippen LogP contribution in [0.4, 0.5) is 4.39 Å². The molecule has 2 rings (SSSR count). The van der Waals surface area contributed by atoms with Gasteiger partial charge in [-0.15, -0.1) is 0 Å². The van der Waals surface area contributed by atoms with E-state index in [-0.39, 0.29) is 5.82 Å². The number of benzene rings is 1. The van der Waals surface area contributed by atoms with Gasteiger partial charge >= 0.3 is 0 Å². The third kappa shape index (κ3) is 2.87. The second-order valence-electron chi connectivity index (χ2n) is 4.45. The van der Waals surface area contributed by atoms with Gasteiger partial charge in [0.15, 0.2) is 0 Å². The number of aryl methyl sites for hydroxylation is 1. The van der Waals surface area contributed by atoms with E-state index in [0.717, 1.165) is 33.7 Å². The molecule has 1 aromatic heterocycles. The summed E-state index contributed by atoms with van der Waals surface area (Å²) in [6, 6.07) is 4.80. The zero-order chi connectivity index (χ0) is 14.0. The van der Waals surface area contributed by atoms with Gasteiger partial charge in [0, 0.05) is 6.54 Å². The largest absolute Gasteiger partial charge is 0.313 e. The molecule has 1 heterocycles. The predicted octanol–water partition coefficient (Wildman–Crippen LogP) is 3.50. The highest BCUT2D eigenvalue weighted by atomic mass is 79.9. The first kappa shape index (κ1) is 14.2. The van der Waals surface area contributed by atoms with Gasteiger partial charge in [-0.05, 0) is 60.1 Å². The van der Waals surface area contributed by atoms with E-state index < -0.39 is 0 Å². The maximum absolute atomic E-state index is 13.4. The molecule has 0 aliphatic rings. The minimum absolute atomic E-state index is 0.225. The number of hydrogen-bond acceptors (Lipinski definition) is 2. The van der Waals surface area contributed by atoms with Crippen molar-refractivity contribution in [1.82, 2.24) is 15.1 Å². The normalized spacial score (nSPS) is 11.0. The molecule has 0 saturated heterocycles. The lowest BCUT2D eigenvalue weighted by atomic mass is 10.1. The summed E-state index contributed by atoms with van der Waals surface area (Å²) in [5, 5.41) is 7.72. The van der Waals surface area contributed by atoms with Crippen molar-refractivity contribution in [1.29, 1.82) is 0 Å². The summed E-state index contributed by atoms with van der Waals surface area (Å²) in [5.41, 5.74) is 3.76. The minimum atomic E-state index is -0.225. The molecule has 1 aromatic carbocycles. The van der Waals surface area contributed by atoms with E-state index in [4.69, 9.17) is 0 Å². The molecule has 0 fully saturated rings. The molecule has 0 radical (unpaired) electrons. The lowest BCUT2D eigenvalue weighted by Crippen LogP contribution is -2.15. The fourth-order valence-electron chi connectivity index (χ4n) is 2.02. The van der Waals surface area contributed by atoms with Gasteiger partial charge in [-0.2, -0.15) is 5.10 Å². The van der Waals surface area contributed by atoms with Gasteiger partial charge in [-0.3, -0.25) is 0 Å². The number of nitrogens with zero attached hydrogens (tertiary/aromatic N) is 2. The van der Waals surface area contributed by atoms with Gasteiger partial charge in [0.25, 0.3) is 0 Å². The van der Waals surface area contributed by atoms with Crippen molar-refractivity contribution in [3.63, 3.8) is 0 Å². The standard InChI is InChI=1S/C14H17BrFN3/c1-4-17-8-11-7-12(16)5-6-13(11)19-10(3)14(15)9(2)18-19/h5-7,17H,4,8H2,1-3H3. The Hall–Kier alpha value is -1.20. The smallest absolute Gasteiger partial charge is 0.123 e. The summed E-state index contributed by atoms with van der Waals surface area (Å²) in [5.74, 6) is -0.225. The van der Waals surface area contributed by atoms with Crippen LogP contribution in [0.3, 0.4) is 0 Å². The van der Waals surface area contributed by atoms with E-state index in [0.29, 0.717) is 6.54 Å². The van der Waals surface area contributed by atoms with Crippen LogP contribution in [0.5, 0.6) is 0 Å². The molecule has 19 heavy (non-hydrogen) atoms. The number of aromatic nitrogens is 2. The van der Waals surface area contributed by atoms with E-state index in [1.165, 1.54) is 6.07 Å². The van der Waals surface area contributed by atoms with Crippen LogP contribution in [0.15, 0.2) is 22.7 Å². The average molecular weight is 326 g/mol. The van der Waals surface area contributed by atoms with Gasteiger partial charge in [-0.25, -0.2) is 9.07 Å². The lowest BCUT2D eigenvalue weighted by molar-refractivity contribution is 0.619. The molecule has 0 amide bonds. The van der Waals surface area contributed by atoms with E-state index in [1.54, 1.807) is 12.1 Å². The Morgan fingerprint density at radius 2 is 2.11 bits per heavy atom. The molecule has 0 aliphatic heterocycles. The lowest BCUT2D eigenvalue weighted by Gasteiger charge is -2.12. The topological polar surface area (TPSA) is 29.9 Å². The maximum Gasteiger partial charge on any atom is 0.123 e. The molecule has 0 unspecified atom stereocenters. The Bertz CT molecular complexity index is 593. The SMILES string of the molecule is CCNCc1cc(F)ccc1-n1nc(C)c(Br)c1C. The molecule has 0 spiro atoms. The Balaban J connectivity index is 2.51. The predicted molar refractivity (Wildman–Crippen MR) is 78.1 cm³/mol. The van der Waals surface area contributed by atoms with E-state index in [2.05, 4.69) is 26.3 Å². The molecule has 1 N–H and O–H groups in total. The van der Waals surface area contributed by atoms with Crippen LogP contribution in [0.2, 0.25) is 0 Å². The van der Waals surface area contributed by atoms with E-state index in [1.807, 2.05) is 25.5 Å². The van der Waals surface area contributed by atoms with Crippen molar-refractivity contribution in [3.8, 4) is 5.69 Å². The van der Waals surface area contributed by atoms with Gasteiger partial charge in [-0.1, -0.05) is 6.92 Å². The van der Waals surface area contributed by atoms with Crippen LogP contribution in [-0.4, -0.2) is 16.3 Å². The van der Waals surface area contributed by atoms with Crippen LogP contribution < -0.4 is 5.32 Å².